The van der Waals surface area contributed by atoms with E-state index >= 15 is 0 Å². The third kappa shape index (κ3) is 3.20. The zero-order valence-corrected chi connectivity index (χ0v) is 13.4. The highest BCUT2D eigenvalue weighted by Gasteiger charge is 2.30. The highest BCUT2D eigenvalue weighted by atomic mass is 32.2. The summed E-state index contributed by atoms with van der Waals surface area (Å²) >= 11 is 1.92. The average molecular weight is 316 g/mol. The first kappa shape index (κ1) is 15.2. The summed E-state index contributed by atoms with van der Waals surface area (Å²) in [6.07, 6.45) is 5.31. The molecule has 3 rings (SSSR count). The first-order valence-electron chi connectivity index (χ1n) is 7.75. The van der Waals surface area contributed by atoms with Crippen LogP contribution < -0.4 is 4.90 Å². The fourth-order valence-electron chi connectivity index (χ4n) is 3.17. The number of carbonyl (C=O) groups excluding carboxylic acids is 1. The number of rotatable bonds is 2. The molecule has 0 bridgehead atoms. The monoisotopic (exact) mass is 316 g/mol. The van der Waals surface area contributed by atoms with Crippen LogP contribution in [0.1, 0.15) is 18.4 Å². The van der Waals surface area contributed by atoms with Crippen LogP contribution in [-0.2, 0) is 4.79 Å². The van der Waals surface area contributed by atoms with Crippen molar-refractivity contribution in [3.63, 3.8) is 0 Å². The van der Waals surface area contributed by atoms with Gasteiger partial charge in [0, 0.05) is 43.9 Å². The van der Waals surface area contributed by atoms with E-state index in [0.29, 0.717) is 12.1 Å². The maximum atomic E-state index is 12.7. The van der Waals surface area contributed by atoms with Crippen molar-refractivity contribution in [3.8, 4) is 6.07 Å². The smallest absolute Gasteiger partial charge is 0.227 e. The molecule has 1 atom stereocenters. The van der Waals surface area contributed by atoms with Crippen molar-refractivity contribution in [2.75, 3.05) is 42.6 Å². The molecule has 0 radical (unpaired) electrons. The predicted molar refractivity (Wildman–Crippen MR) is 87.8 cm³/mol. The van der Waals surface area contributed by atoms with Gasteiger partial charge >= 0.3 is 0 Å². The molecule has 6 heteroatoms. The lowest BCUT2D eigenvalue weighted by atomic mass is 9.95. The Morgan fingerprint density at radius 1 is 1.36 bits per heavy atom. The number of hydrogen-bond acceptors (Lipinski definition) is 5. The number of amides is 1. The average Bonchev–Trinajstić information content (AvgIpc) is 2.62. The van der Waals surface area contributed by atoms with E-state index in [1.54, 1.807) is 18.5 Å². The molecular weight excluding hydrogens is 296 g/mol. The fraction of sp³-hybridized carbons (Fsp3) is 0.562. The molecule has 0 saturated carbocycles. The van der Waals surface area contributed by atoms with Crippen molar-refractivity contribution in [3.05, 3.63) is 24.0 Å². The third-order valence-corrected chi connectivity index (χ3v) is 5.30. The number of carbonyl (C=O) groups is 1. The molecule has 0 aliphatic carbocycles. The molecule has 22 heavy (non-hydrogen) atoms. The van der Waals surface area contributed by atoms with E-state index in [2.05, 4.69) is 16.0 Å². The molecule has 2 aliphatic rings. The van der Waals surface area contributed by atoms with Crippen LogP contribution in [0.3, 0.4) is 0 Å². The molecule has 0 N–H and O–H groups in total. The van der Waals surface area contributed by atoms with E-state index < -0.39 is 0 Å². The number of piperidine rings is 1. The Labute approximate surface area is 135 Å². The van der Waals surface area contributed by atoms with Gasteiger partial charge in [-0.25, -0.2) is 0 Å². The van der Waals surface area contributed by atoms with E-state index in [0.717, 1.165) is 49.7 Å². The number of thioether (sulfide) groups is 1. The number of hydrogen-bond donors (Lipinski definition) is 0. The number of nitrogens with zero attached hydrogens (tertiary/aromatic N) is 4. The second kappa shape index (κ2) is 7.01. The fourth-order valence-corrected chi connectivity index (χ4v) is 4.08. The van der Waals surface area contributed by atoms with E-state index in [9.17, 15) is 10.1 Å². The second-order valence-corrected chi connectivity index (χ2v) is 6.95. The summed E-state index contributed by atoms with van der Waals surface area (Å²) < 4.78 is 0. The van der Waals surface area contributed by atoms with Gasteiger partial charge in [-0.15, -0.1) is 0 Å². The van der Waals surface area contributed by atoms with Gasteiger partial charge in [-0.3, -0.25) is 9.78 Å². The summed E-state index contributed by atoms with van der Waals surface area (Å²) in [6.45, 7) is 3.33. The van der Waals surface area contributed by atoms with Gasteiger partial charge in [0.25, 0.3) is 0 Å². The molecule has 1 aromatic heterocycles. The molecule has 116 valence electrons. The first-order valence-corrected chi connectivity index (χ1v) is 8.90. The van der Waals surface area contributed by atoms with Gasteiger partial charge < -0.3 is 9.80 Å². The summed E-state index contributed by atoms with van der Waals surface area (Å²) in [7, 11) is 0. The molecular formula is C16H20N4OS. The van der Waals surface area contributed by atoms with Crippen LogP contribution in [0.15, 0.2) is 18.5 Å². The van der Waals surface area contributed by atoms with Crippen molar-refractivity contribution < 1.29 is 4.79 Å². The van der Waals surface area contributed by atoms with Crippen molar-refractivity contribution in [1.29, 1.82) is 5.26 Å². The SMILES string of the molecule is N#Cc1ccncc1N1CCCC(C(=O)N2CCSCC2)C1. The zero-order chi connectivity index (χ0) is 15.4. The van der Waals surface area contributed by atoms with Gasteiger partial charge in [-0.2, -0.15) is 17.0 Å². The van der Waals surface area contributed by atoms with E-state index in [1.165, 1.54) is 0 Å². The van der Waals surface area contributed by atoms with E-state index in [-0.39, 0.29) is 11.8 Å². The van der Waals surface area contributed by atoms with Crippen LogP contribution in [0.5, 0.6) is 0 Å². The van der Waals surface area contributed by atoms with Crippen molar-refractivity contribution in [2.24, 2.45) is 5.92 Å². The van der Waals surface area contributed by atoms with E-state index in [4.69, 9.17) is 0 Å². The van der Waals surface area contributed by atoms with Crippen LogP contribution in [0.4, 0.5) is 5.69 Å². The normalized spacial score (nSPS) is 22.2. The molecule has 5 nitrogen and oxygen atoms in total. The zero-order valence-electron chi connectivity index (χ0n) is 12.6. The Kier molecular flexibility index (Phi) is 4.84. The van der Waals surface area contributed by atoms with Gasteiger partial charge in [0.1, 0.15) is 6.07 Å². The van der Waals surface area contributed by atoms with Crippen LogP contribution in [0.25, 0.3) is 0 Å². The topological polar surface area (TPSA) is 60.2 Å². The minimum Gasteiger partial charge on any atom is -0.368 e. The Morgan fingerprint density at radius 3 is 2.95 bits per heavy atom. The van der Waals surface area contributed by atoms with Crippen LogP contribution in [0, 0.1) is 17.2 Å². The Bertz CT molecular complexity index is 580. The lowest BCUT2D eigenvalue weighted by molar-refractivity contribution is -0.135. The largest absolute Gasteiger partial charge is 0.368 e. The van der Waals surface area contributed by atoms with Gasteiger partial charge in [0.05, 0.1) is 23.4 Å². The minimum absolute atomic E-state index is 0.0450. The molecule has 2 saturated heterocycles. The highest BCUT2D eigenvalue weighted by Crippen LogP contribution is 2.27. The molecule has 1 aromatic rings. The Morgan fingerprint density at radius 2 is 2.18 bits per heavy atom. The maximum Gasteiger partial charge on any atom is 0.227 e. The predicted octanol–water partition coefficient (Wildman–Crippen LogP) is 1.75. The van der Waals surface area contributed by atoms with Crippen LogP contribution in [-0.4, -0.2) is 53.5 Å². The number of anilines is 1. The Hall–Kier alpha value is -1.74. The standard InChI is InChI=1S/C16H20N4OS/c17-10-13-3-4-18-11-15(13)20-5-1-2-14(12-20)16(21)19-6-8-22-9-7-19/h3-4,11,14H,1-2,5-9,12H2. The lowest BCUT2D eigenvalue weighted by Gasteiger charge is -2.37. The highest BCUT2D eigenvalue weighted by molar-refractivity contribution is 7.99. The molecule has 0 spiro atoms. The van der Waals surface area contributed by atoms with Crippen molar-refractivity contribution in [2.45, 2.75) is 12.8 Å². The lowest BCUT2D eigenvalue weighted by Crippen LogP contribution is -2.47. The Balaban J connectivity index is 1.71. The summed E-state index contributed by atoms with van der Waals surface area (Å²) in [5.74, 6) is 2.42. The van der Waals surface area contributed by atoms with Gasteiger partial charge in [0.15, 0.2) is 0 Å². The van der Waals surface area contributed by atoms with E-state index in [1.807, 2.05) is 16.7 Å². The van der Waals surface area contributed by atoms with Gasteiger partial charge in [0.2, 0.25) is 5.91 Å². The first-order chi connectivity index (χ1) is 10.8. The van der Waals surface area contributed by atoms with Crippen LogP contribution in [0.2, 0.25) is 0 Å². The summed E-state index contributed by atoms with van der Waals surface area (Å²) in [6, 6.07) is 3.96. The summed E-state index contributed by atoms with van der Waals surface area (Å²) in [5.41, 5.74) is 1.49. The van der Waals surface area contributed by atoms with Gasteiger partial charge in [-0.05, 0) is 18.9 Å². The second-order valence-electron chi connectivity index (χ2n) is 5.73. The number of nitriles is 1. The molecule has 0 aromatic carbocycles. The van der Waals surface area contributed by atoms with Crippen LogP contribution >= 0.6 is 11.8 Å². The summed E-state index contributed by atoms with van der Waals surface area (Å²) in [5, 5.41) is 9.25. The van der Waals surface area contributed by atoms with Gasteiger partial charge in [-0.1, -0.05) is 0 Å². The van der Waals surface area contributed by atoms with Crippen molar-refractivity contribution >= 4 is 23.4 Å². The molecule has 3 heterocycles. The molecule has 2 fully saturated rings. The maximum absolute atomic E-state index is 12.7. The quantitative estimate of drug-likeness (QED) is 0.832. The number of aromatic nitrogens is 1. The molecule has 2 aliphatic heterocycles. The summed E-state index contributed by atoms with van der Waals surface area (Å²) in [4.78, 5) is 21.0. The number of pyridine rings is 1. The minimum atomic E-state index is 0.0450. The molecule has 1 unspecified atom stereocenters. The van der Waals surface area contributed by atoms with Crippen molar-refractivity contribution in [1.82, 2.24) is 9.88 Å². The molecule has 1 amide bonds. The third-order valence-electron chi connectivity index (χ3n) is 4.35.